The SMILES string of the molecule is CN1CCn2cc(N3C(=O)OC[C@H]3C(F)F)nc2-c2ccc(Br)cc21. The molecule has 1 aromatic carbocycles. The average Bonchev–Trinajstić information content (AvgIpc) is 3.13. The number of hydrogen-bond donors (Lipinski definition) is 0. The number of likely N-dealkylation sites (N-methyl/N-ethyl adjacent to an activating group) is 1. The highest BCUT2D eigenvalue weighted by atomic mass is 79.9. The number of imidazole rings is 1. The van der Waals surface area contributed by atoms with E-state index in [9.17, 15) is 13.6 Å². The lowest BCUT2D eigenvalue weighted by atomic mass is 10.1. The van der Waals surface area contributed by atoms with Crippen molar-refractivity contribution < 1.29 is 18.3 Å². The lowest BCUT2D eigenvalue weighted by molar-refractivity contribution is 0.104. The number of fused-ring (bicyclic) bond motifs is 3. The number of carbonyl (C=O) groups excluding carboxylic acids is 1. The van der Waals surface area contributed by atoms with Crippen molar-refractivity contribution >= 4 is 33.5 Å². The molecule has 1 aromatic heterocycles. The maximum Gasteiger partial charge on any atom is 0.416 e. The Morgan fingerprint density at radius 3 is 2.92 bits per heavy atom. The molecule has 1 fully saturated rings. The van der Waals surface area contributed by atoms with Crippen LogP contribution >= 0.6 is 15.9 Å². The molecule has 0 spiro atoms. The summed E-state index contributed by atoms with van der Waals surface area (Å²) in [5.74, 6) is 0.843. The average molecular weight is 413 g/mol. The highest BCUT2D eigenvalue weighted by molar-refractivity contribution is 9.10. The molecule has 4 rings (SSSR count). The summed E-state index contributed by atoms with van der Waals surface area (Å²) in [6, 6.07) is 4.52. The minimum absolute atomic E-state index is 0.196. The highest BCUT2D eigenvalue weighted by Crippen LogP contribution is 2.37. The first kappa shape index (κ1) is 16.3. The van der Waals surface area contributed by atoms with E-state index in [1.54, 1.807) is 6.20 Å². The maximum atomic E-state index is 13.2. The van der Waals surface area contributed by atoms with E-state index in [1.165, 1.54) is 0 Å². The summed E-state index contributed by atoms with van der Waals surface area (Å²) in [6.07, 6.45) is -1.84. The number of anilines is 2. The molecule has 6 nitrogen and oxygen atoms in total. The number of amides is 1. The van der Waals surface area contributed by atoms with Gasteiger partial charge < -0.3 is 14.2 Å². The molecule has 0 bridgehead atoms. The third kappa shape index (κ3) is 2.66. The quantitative estimate of drug-likeness (QED) is 0.758. The van der Waals surface area contributed by atoms with Crippen LogP contribution in [0.1, 0.15) is 0 Å². The summed E-state index contributed by atoms with van der Waals surface area (Å²) < 4.78 is 34.1. The van der Waals surface area contributed by atoms with Gasteiger partial charge >= 0.3 is 6.09 Å². The molecule has 2 aliphatic heterocycles. The lowest BCUT2D eigenvalue weighted by Gasteiger charge is -2.20. The van der Waals surface area contributed by atoms with Crippen LogP contribution < -0.4 is 9.80 Å². The molecule has 0 saturated carbocycles. The van der Waals surface area contributed by atoms with Crippen molar-refractivity contribution in [3.63, 3.8) is 0 Å². The van der Waals surface area contributed by atoms with E-state index >= 15 is 0 Å². The Labute approximate surface area is 151 Å². The third-order valence-electron chi connectivity index (χ3n) is 4.50. The molecule has 3 heterocycles. The summed E-state index contributed by atoms with van der Waals surface area (Å²) in [7, 11) is 1.99. The van der Waals surface area contributed by atoms with Gasteiger partial charge in [-0.1, -0.05) is 15.9 Å². The van der Waals surface area contributed by atoms with Gasteiger partial charge in [0.05, 0.1) is 0 Å². The molecule has 1 saturated heterocycles. The molecule has 1 atom stereocenters. The predicted octanol–water partition coefficient (Wildman–Crippen LogP) is 3.35. The topological polar surface area (TPSA) is 50.6 Å². The van der Waals surface area contributed by atoms with Crippen molar-refractivity contribution in [2.75, 3.05) is 30.0 Å². The molecule has 0 N–H and O–H groups in total. The van der Waals surface area contributed by atoms with Crippen LogP contribution in [-0.4, -0.2) is 48.3 Å². The zero-order valence-electron chi connectivity index (χ0n) is 13.3. The number of rotatable bonds is 2. The summed E-state index contributed by atoms with van der Waals surface area (Å²) in [5.41, 5.74) is 1.87. The van der Waals surface area contributed by atoms with Gasteiger partial charge in [0.2, 0.25) is 0 Å². The fourth-order valence-electron chi connectivity index (χ4n) is 3.18. The highest BCUT2D eigenvalue weighted by Gasteiger charge is 2.42. The van der Waals surface area contributed by atoms with E-state index in [-0.39, 0.29) is 12.4 Å². The number of nitrogens with zero attached hydrogens (tertiary/aromatic N) is 4. The van der Waals surface area contributed by atoms with Gasteiger partial charge in [0.15, 0.2) is 5.82 Å². The molecular weight excluding hydrogens is 398 g/mol. The number of carbonyl (C=O) groups is 1. The fraction of sp³-hybridized carbons (Fsp3) is 0.375. The molecule has 0 aliphatic carbocycles. The third-order valence-corrected chi connectivity index (χ3v) is 4.99. The van der Waals surface area contributed by atoms with Crippen molar-refractivity contribution in [1.82, 2.24) is 9.55 Å². The molecule has 2 aromatic rings. The molecule has 1 amide bonds. The first-order valence-electron chi connectivity index (χ1n) is 7.78. The van der Waals surface area contributed by atoms with Gasteiger partial charge in [-0.3, -0.25) is 0 Å². The van der Waals surface area contributed by atoms with Crippen LogP contribution in [0.15, 0.2) is 28.9 Å². The second-order valence-electron chi connectivity index (χ2n) is 6.05. The number of cyclic esters (lactones) is 1. The Balaban J connectivity index is 1.81. The molecular formula is C16H15BrF2N4O2. The summed E-state index contributed by atoms with van der Waals surface area (Å²) in [6.45, 7) is 1.04. The van der Waals surface area contributed by atoms with Gasteiger partial charge in [-0.15, -0.1) is 0 Å². The Morgan fingerprint density at radius 2 is 2.16 bits per heavy atom. The van der Waals surface area contributed by atoms with Gasteiger partial charge in [0.25, 0.3) is 6.43 Å². The van der Waals surface area contributed by atoms with Crippen LogP contribution in [0.3, 0.4) is 0 Å². The van der Waals surface area contributed by atoms with Gasteiger partial charge in [-0.05, 0) is 18.2 Å². The van der Waals surface area contributed by atoms with Crippen LogP contribution in [0, 0.1) is 0 Å². The molecule has 0 radical (unpaired) electrons. The standard InChI is InChI=1S/C16H15BrF2N4O2/c1-21-4-5-22-7-13(23-12(14(18)19)8-25-16(23)24)20-15(22)10-3-2-9(17)6-11(10)21/h2-3,6-7,12,14H,4-5,8H2,1H3/t12-/m0/s1. The van der Waals surface area contributed by atoms with Crippen molar-refractivity contribution in [3.05, 3.63) is 28.9 Å². The Hall–Kier alpha value is -2.16. The van der Waals surface area contributed by atoms with Crippen LogP contribution in [0.25, 0.3) is 11.4 Å². The van der Waals surface area contributed by atoms with E-state index in [1.807, 2.05) is 29.8 Å². The molecule has 132 valence electrons. The monoisotopic (exact) mass is 412 g/mol. The number of alkyl halides is 2. The smallest absolute Gasteiger partial charge is 0.416 e. The number of hydrogen-bond acceptors (Lipinski definition) is 4. The minimum atomic E-state index is -2.69. The maximum absolute atomic E-state index is 13.2. The fourth-order valence-corrected chi connectivity index (χ4v) is 3.53. The lowest BCUT2D eigenvalue weighted by Crippen LogP contribution is -2.38. The van der Waals surface area contributed by atoms with E-state index in [2.05, 4.69) is 25.8 Å². The predicted molar refractivity (Wildman–Crippen MR) is 92.3 cm³/mol. The number of aromatic nitrogens is 2. The zero-order valence-corrected chi connectivity index (χ0v) is 14.9. The first-order chi connectivity index (χ1) is 12.0. The van der Waals surface area contributed by atoms with Crippen molar-refractivity contribution in [1.29, 1.82) is 0 Å². The Morgan fingerprint density at radius 1 is 1.36 bits per heavy atom. The molecule has 0 unspecified atom stereocenters. The van der Waals surface area contributed by atoms with Gasteiger partial charge in [0.1, 0.15) is 18.5 Å². The second kappa shape index (κ2) is 5.98. The van der Waals surface area contributed by atoms with Crippen molar-refractivity contribution in [2.24, 2.45) is 0 Å². The number of ether oxygens (including phenoxy) is 1. The zero-order chi connectivity index (χ0) is 17.7. The Bertz CT molecular complexity index is 842. The van der Waals surface area contributed by atoms with Gasteiger partial charge in [-0.25, -0.2) is 23.5 Å². The largest absolute Gasteiger partial charge is 0.447 e. The van der Waals surface area contributed by atoms with Crippen molar-refractivity contribution in [3.8, 4) is 11.4 Å². The molecule has 9 heteroatoms. The van der Waals surface area contributed by atoms with E-state index < -0.39 is 18.6 Å². The van der Waals surface area contributed by atoms with Crippen LogP contribution in [0.4, 0.5) is 25.1 Å². The molecule has 25 heavy (non-hydrogen) atoms. The number of benzene rings is 1. The first-order valence-corrected chi connectivity index (χ1v) is 8.57. The van der Waals surface area contributed by atoms with E-state index in [0.717, 1.165) is 27.2 Å². The molecule has 2 aliphatic rings. The van der Waals surface area contributed by atoms with E-state index in [4.69, 9.17) is 4.74 Å². The summed E-state index contributed by atoms with van der Waals surface area (Å²) >= 11 is 3.47. The van der Waals surface area contributed by atoms with Crippen molar-refractivity contribution in [2.45, 2.75) is 19.0 Å². The normalized spacial score (nSPS) is 19.7. The van der Waals surface area contributed by atoms with Crippen LogP contribution in [0.5, 0.6) is 0 Å². The Kier molecular flexibility index (Phi) is 3.90. The summed E-state index contributed by atoms with van der Waals surface area (Å²) in [5, 5.41) is 0. The van der Waals surface area contributed by atoms with Gasteiger partial charge in [0, 0.05) is 42.1 Å². The van der Waals surface area contributed by atoms with Crippen LogP contribution in [0.2, 0.25) is 0 Å². The minimum Gasteiger partial charge on any atom is -0.447 e. The van der Waals surface area contributed by atoms with Gasteiger partial charge in [-0.2, -0.15) is 0 Å². The van der Waals surface area contributed by atoms with Crippen LogP contribution in [-0.2, 0) is 11.3 Å². The van der Waals surface area contributed by atoms with E-state index in [0.29, 0.717) is 12.4 Å². The second-order valence-corrected chi connectivity index (χ2v) is 6.96. The summed E-state index contributed by atoms with van der Waals surface area (Å²) in [4.78, 5) is 19.5. The number of halogens is 3.